The van der Waals surface area contributed by atoms with Crippen molar-refractivity contribution in [1.82, 2.24) is 10.2 Å². The number of ether oxygens (including phenoxy) is 1. The number of aromatic nitrogens is 2. The van der Waals surface area contributed by atoms with Gasteiger partial charge in [0.25, 0.3) is 0 Å². The van der Waals surface area contributed by atoms with E-state index in [0.29, 0.717) is 11.8 Å². The molecule has 1 fully saturated rings. The number of hydrogen-bond acceptors (Lipinski definition) is 5. The van der Waals surface area contributed by atoms with Crippen molar-refractivity contribution in [2.45, 2.75) is 38.6 Å². The van der Waals surface area contributed by atoms with Crippen LogP contribution in [0.1, 0.15) is 32.6 Å². The van der Waals surface area contributed by atoms with E-state index in [4.69, 9.17) is 16.3 Å². The van der Waals surface area contributed by atoms with Gasteiger partial charge in [0.2, 0.25) is 0 Å². The maximum Gasteiger partial charge on any atom is 0.311 e. The molecule has 1 aromatic heterocycles. The molecule has 0 amide bonds. The molecule has 5 nitrogen and oxygen atoms in total. The molecule has 0 unspecified atom stereocenters. The summed E-state index contributed by atoms with van der Waals surface area (Å²) in [4.78, 5) is 11.9. The van der Waals surface area contributed by atoms with Crippen molar-refractivity contribution in [2.75, 3.05) is 11.9 Å². The molecule has 6 heteroatoms. The molecule has 0 aromatic carbocycles. The Kier molecular flexibility index (Phi) is 4.96. The fourth-order valence-corrected chi connectivity index (χ4v) is 2.63. The van der Waals surface area contributed by atoms with Crippen LogP contribution in [0.25, 0.3) is 0 Å². The summed E-state index contributed by atoms with van der Waals surface area (Å²) in [6.45, 7) is 2.25. The topological polar surface area (TPSA) is 64.1 Å². The summed E-state index contributed by atoms with van der Waals surface area (Å²) >= 11 is 5.81. The van der Waals surface area contributed by atoms with Crippen LogP contribution >= 0.6 is 11.6 Å². The van der Waals surface area contributed by atoms with E-state index in [1.165, 1.54) is 0 Å². The van der Waals surface area contributed by atoms with Crippen LogP contribution in [0.5, 0.6) is 0 Å². The number of halogens is 1. The maximum atomic E-state index is 11.9. The number of nitrogens with one attached hydrogen (secondary N) is 1. The Labute approximate surface area is 117 Å². The lowest BCUT2D eigenvalue weighted by molar-refractivity contribution is -0.149. The van der Waals surface area contributed by atoms with Gasteiger partial charge >= 0.3 is 5.97 Å². The van der Waals surface area contributed by atoms with E-state index in [1.54, 1.807) is 12.3 Å². The molecular weight excluding hydrogens is 266 g/mol. The zero-order valence-electron chi connectivity index (χ0n) is 10.9. The van der Waals surface area contributed by atoms with Gasteiger partial charge in [-0.3, -0.25) is 4.79 Å². The Balaban J connectivity index is 2.05. The van der Waals surface area contributed by atoms with Crippen LogP contribution in [0.15, 0.2) is 12.3 Å². The highest BCUT2D eigenvalue weighted by Gasteiger charge is 2.32. The molecule has 1 aromatic rings. The van der Waals surface area contributed by atoms with E-state index in [1.807, 2.05) is 6.92 Å². The van der Waals surface area contributed by atoms with E-state index < -0.39 is 0 Å². The van der Waals surface area contributed by atoms with Gasteiger partial charge in [0, 0.05) is 12.1 Å². The van der Waals surface area contributed by atoms with Gasteiger partial charge in [-0.15, -0.1) is 5.10 Å². The number of rotatable bonds is 4. The summed E-state index contributed by atoms with van der Waals surface area (Å²) in [7, 11) is 0. The van der Waals surface area contributed by atoms with Crippen molar-refractivity contribution >= 4 is 23.3 Å². The second-order valence-electron chi connectivity index (χ2n) is 4.66. The second kappa shape index (κ2) is 6.70. The Hall–Kier alpha value is -1.36. The molecule has 1 aliphatic carbocycles. The Morgan fingerprint density at radius 1 is 1.53 bits per heavy atom. The minimum Gasteiger partial charge on any atom is -0.466 e. The van der Waals surface area contributed by atoms with Crippen LogP contribution in [0.2, 0.25) is 5.15 Å². The Morgan fingerprint density at radius 3 is 3.05 bits per heavy atom. The van der Waals surface area contributed by atoms with Gasteiger partial charge in [0.1, 0.15) is 0 Å². The van der Waals surface area contributed by atoms with Crippen molar-refractivity contribution in [3.63, 3.8) is 0 Å². The smallest absolute Gasteiger partial charge is 0.311 e. The molecule has 104 valence electrons. The summed E-state index contributed by atoms with van der Waals surface area (Å²) in [5, 5.41) is 11.2. The lowest BCUT2D eigenvalue weighted by atomic mass is 9.84. The van der Waals surface area contributed by atoms with Crippen molar-refractivity contribution in [3.8, 4) is 0 Å². The van der Waals surface area contributed by atoms with Crippen molar-refractivity contribution in [2.24, 2.45) is 5.92 Å². The number of anilines is 1. The summed E-state index contributed by atoms with van der Waals surface area (Å²) in [5.41, 5.74) is 0.793. The highest BCUT2D eigenvalue weighted by Crippen LogP contribution is 2.28. The molecule has 2 atom stereocenters. The third-order valence-electron chi connectivity index (χ3n) is 3.33. The van der Waals surface area contributed by atoms with Crippen LogP contribution in [0, 0.1) is 5.92 Å². The first kappa shape index (κ1) is 14.1. The molecule has 1 saturated carbocycles. The fraction of sp³-hybridized carbons (Fsp3) is 0.615. The van der Waals surface area contributed by atoms with Crippen LogP contribution in [0.3, 0.4) is 0 Å². The van der Waals surface area contributed by atoms with Gasteiger partial charge < -0.3 is 10.1 Å². The van der Waals surface area contributed by atoms with Crippen molar-refractivity contribution < 1.29 is 9.53 Å². The Morgan fingerprint density at radius 2 is 2.32 bits per heavy atom. The fourth-order valence-electron chi connectivity index (χ4n) is 2.47. The molecular formula is C13H18ClN3O2. The van der Waals surface area contributed by atoms with Crippen molar-refractivity contribution in [1.29, 1.82) is 0 Å². The molecule has 0 bridgehead atoms. The molecule has 1 heterocycles. The van der Waals surface area contributed by atoms with E-state index in [9.17, 15) is 4.79 Å². The number of carbonyl (C=O) groups is 1. The SMILES string of the molecule is CCOC(=O)[C@H]1CCCC[C@H]1Nc1cnnc(Cl)c1. The quantitative estimate of drug-likeness (QED) is 0.861. The Bertz CT molecular complexity index is 442. The lowest BCUT2D eigenvalue weighted by Gasteiger charge is -2.31. The van der Waals surface area contributed by atoms with E-state index in [2.05, 4.69) is 15.5 Å². The van der Waals surface area contributed by atoms with Crippen LogP contribution < -0.4 is 5.32 Å². The van der Waals surface area contributed by atoms with E-state index in [-0.39, 0.29) is 17.9 Å². The number of carbonyl (C=O) groups excluding carboxylic acids is 1. The first-order chi connectivity index (χ1) is 9.20. The molecule has 2 rings (SSSR count). The summed E-state index contributed by atoms with van der Waals surface area (Å²) in [6, 6.07) is 1.79. The van der Waals surface area contributed by atoms with Gasteiger partial charge in [-0.25, -0.2) is 0 Å². The predicted octanol–water partition coefficient (Wildman–Crippen LogP) is 2.66. The molecule has 19 heavy (non-hydrogen) atoms. The highest BCUT2D eigenvalue weighted by molar-refractivity contribution is 6.29. The molecule has 0 radical (unpaired) electrons. The van der Waals surface area contributed by atoms with Crippen LogP contribution in [-0.2, 0) is 9.53 Å². The minimum absolute atomic E-state index is 0.0769. The normalized spacial score (nSPS) is 22.8. The monoisotopic (exact) mass is 283 g/mol. The standard InChI is InChI=1S/C13H18ClN3O2/c1-2-19-13(18)10-5-3-4-6-11(10)16-9-7-12(14)17-15-8-9/h7-8,10-11H,2-6H2,1H3,(H,16,17)/t10-,11+/m0/s1. The minimum atomic E-state index is -0.118. The molecule has 0 aliphatic heterocycles. The lowest BCUT2D eigenvalue weighted by Crippen LogP contribution is -2.38. The first-order valence-electron chi connectivity index (χ1n) is 6.62. The zero-order chi connectivity index (χ0) is 13.7. The predicted molar refractivity (Wildman–Crippen MR) is 73.0 cm³/mol. The second-order valence-corrected chi connectivity index (χ2v) is 5.05. The van der Waals surface area contributed by atoms with Crippen molar-refractivity contribution in [3.05, 3.63) is 17.4 Å². The molecule has 0 saturated heterocycles. The summed E-state index contributed by atoms with van der Waals surface area (Å²) < 4.78 is 5.14. The van der Waals surface area contributed by atoms with Gasteiger partial charge in [0.05, 0.1) is 24.4 Å². The van der Waals surface area contributed by atoms with E-state index in [0.717, 1.165) is 31.4 Å². The largest absolute Gasteiger partial charge is 0.466 e. The maximum absolute atomic E-state index is 11.9. The number of nitrogens with zero attached hydrogens (tertiary/aromatic N) is 2. The van der Waals surface area contributed by atoms with Gasteiger partial charge in [-0.2, -0.15) is 5.10 Å². The zero-order valence-corrected chi connectivity index (χ0v) is 11.7. The third kappa shape index (κ3) is 3.80. The third-order valence-corrected chi connectivity index (χ3v) is 3.52. The molecule has 1 aliphatic rings. The molecule has 1 N–H and O–H groups in total. The van der Waals surface area contributed by atoms with Crippen LogP contribution in [0.4, 0.5) is 5.69 Å². The van der Waals surface area contributed by atoms with Crippen LogP contribution in [-0.4, -0.2) is 28.8 Å². The summed E-state index contributed by atoms with van der Waals surface area (Å²) in [5.74, 6) is -0.214. The van der Waals surface area contributed by atoms with Gasteiger partial charge in [-0.1, -0.05) is 24.4 Å². The number of hydrogen-bond donors (Lipinski definition) is 1. The average molecular weight is 284 g/mol. The number of esters is 1. The highest BCUT2D eigenvalue weighted by atomic mass is 35.5. The van der Waals surface area contributed by atoms with Gasteiger partial charge in [0.15, 0.2) is 5.15 Å². The summed E-state index contributed by atoms with van der Waals surface area (Å²) in [6.07, 6.45) is 5.60. The average Bonchev–Trinajstić information content (AvgIpc) is 2.39. The van der Waals surface area contributed by atoms with Gasteiger partial charge in [-0.05, 0) is 19.8 Å². The van der Waals surface area contributed by atoms with E-state index >= 15 is 0 Å². The first-order valence-corrected chi connectivity index (χ1v) is 7.00. The molecule has 0 spiro atoms.